The van der Waals surface area contributed by atoms with Crippen LogP contribution in [0.3, 0.4) is 0 Å². The van der Waals surface area contributed by atoms with Crippen LogP contribution in [0.1, 0.15) is 20.8 Å². The largest absolute Gasteiger partial charge is 0.490 e. The normalized spacial score (nSPS) is 18.2. The minimum atomic E-state index is -0.174. The smallest absolute Gasteiger partial charge is 0.204 e. The Morgan fingerprint density at radius 3 is 2.89 bits per heavy atom. The van der Waals surface area contributed by atoms with Crippen molar-refractivity contribution in [2.45, 2.75) is 26.4 Å². The Morgan fingerprint density at radius 2 is 2.26 bits per heavy atom. The molecule has 1 fully saturated rings. The molecule has 6 heteroatoms. The van der Waals surface area contributed by atoms with Crippen LogP contribution in [0.15, 0.2) is 6.33 Å². The third kappa shape index (κ3) is 3.07. The van der Waals surface area contributed by atoms with Gasteiger partial charge in [0.05, 0.1) is 19.3 Å². The zero-order chi connectivity index (χ0) is 13.9. The minimum Gasteiger partial charge on any atom is -0.490 e. The van der Waals surface area contributed by atoms with Crippen LogP contribution < -0.4 is 15.0 Å². The van der Waals surface area contributed by atoms with Crippen molar-refractivity contribution in [2.75, 3.05) is 43.6 Å². The monoisotopic (exact) mass is 266 g/mol. The number of hydrogen-bond acceptors (Lipinski definition) is 6. The zero-order valence-electron chi connectivity index (χ0n) is 12.1. The first-order chi connectivity index (χ1) is 9.07. The van der Waals surface area contributed by atoms with Crippen molar-refractivity contribution in [1.82, 2.24) is 9.97 Å². The average Bonchev–Trinajstić information content (AvgIpc) is 2.37. The molecule has 0 saturated carbocycles. The van der Waals surface area contributed by atoms with E-state index in [1.807, 2.05) is 6.92 Å². The number of anilines is 2. The average molecular weight is 266 g/mol. The molecule has 1 aliphatic heterocycles. The summed E-state index contributed by atoms with van der Waals surface area (Å²) >= 11 is 0. The Balaban J connectivity index is 2.30. The van der Waals surface area contributed by atoms with Crippen molar-refractivity contribution in [2.24, 2.45) is 0 Å². The highest BCUT2D eigenvalue weighted by molar-refractivity contribution is 5.65. The SMILES string of the molecule is CCNc1ncnc(N2CCOC(C)(C)C2)c1OC. The number of rotatable bonds is 4. The molecule has 106 valence electrons. The molecule has 2 rings (SSSR count). The summed E-state index contributed by atoms with van der Waals surface area (Å²) < 4.78 is 11.2. The van der Waals surface area contributed by atoms with Gasteiger partial charge in [-0.3, -0.25) is 0 Å². The first-order valence-electron chi connectivity index (χ1n) is 6.59. The summed E-state index contributed by atoms with van der Waals surface area (Å²) in [6, 6.07) is 0. The van der Waals surface area contributed by atoms with Crippen molar-refractivity contribution in [3.8, 4) is 5.75 Å². The molecular weight excluding hydrogens is 244 g/mol. The lowest BCUT2D eigenvalue weighted by atomic mass is 10.1. The van der Waals surface area contributed by atoms with Crippen LogP contribution in [0.4, 0.5) is 11.6 Å². The predicted molar refractivity (Wildman–Crippen MR) is 75.0 cm³/mol. The van der Waals surface area contributed by atoms with Crippen molar-refractivity contribution in [3.63, 3.8) is 0 Å². The zero-order valence-corrected chi connectivity index (χ0v) is 12.1. The molecule has 0 amide bonds. The third-order valence-electron chi connectivity index (χ3n) is 3.06. The first-order valence-corrected chi connectivity index (χ1v) is 6.59. The quantitative estimate of drug-likeness (QED) is 0.892. The van der Waals surface area contributed by atoms with E-state index in [1.54, 1.807) is 13.4 Å². The third-order valence-corrected chi connectivity index (χ3v) is 3.06. The molecule has 1 aromatic heterocycles. The summed E-state index contributed by atoms with van der Waals surface area (Å²) in [5.41, 5.74) is -0.174. The molecule has 0 spiro atoms. The molecule has 1 saturated heterocycles. The fraction of sp³-hybridized carbons (Fsp3) is 0.692. The molecule has 19 heavy (non-hydrogen) atoms. The van der Waals surface area contributed by atoms with Gasteiger partial charge in [-0.15, -0.1) is 0 Å². The molecule has 1 aliphatic rings. The molecule has 2 heterocycles. The molecule has 0 aromatic carbocycles. The molecule has 1 N–H and O–H groups in total. The van der Waals surface area contributed by atoms with Crippen molar-refractivity contribution >= 4 is 11.6 Å². The maximum Gasteiger partial charge on any atom is 0.204 e. The van der Waals surface area contributed by atoms with Gasteiger partial charge in [-0.2, -0.15) is 0 Å². The number of aromatic nitrogens is 2. The van der Waals surface area contributed by atoms with E-state index in [0.29, 0.717) is 12.4 Å². The van der Waals surface area contributed by atoms with Gasteiger partial charge in [0.2, 0.25) is 5.75 Å². The number of nitrogens with zero attached hydrogens (tertiary/aromatic N) is 3. The Hall–Kier alpha value is -1.56. The highest BCUT2D eigenvalue weighted by atomic mass is 16.5. The van der Waals surface area contributed by atoms with Gasteiger partial charge in [-0.25, -0.2) is 9.97 Å². The van der Waals surface area contributed by atoms with E-state index < -0.39 is 0 Å². The summed E-state index contributed by atoms with van der Waals surface area (Å²) in [5.74, 6) is 2.26. The predicted octanol–water partition coefficient (Wildman–Crippen LogP) is 1.53. The summed E-state index contributed by atoms with van der Waals surface area (Å²) in [4.78, 5) is 10.8. The maximum atomic E-state index is 5.73. The van der Waals surface area contributed by atoms with Crippen LogP contribution in [-0.2, 0) is 4.74 Å². The molecule has 1 aromatic rings. The van der Waals surface area contributed by atoms with Crippen LogP contribution in [0.25, 0.3) is 0 Å². The minimum absolute atomic E-state index is 0.174. The van der Waals surface area contributed by atoms with E-state index in [0.717, 1.165) is 31.3 Å². The van der Waals surface area contributed by atoms with E-state index in [-0.39, 0.29) is 5.60 Å². The van der Waals surface area contributed by atoms with Crippen molar-refractivity contribution in [1.29, 1.82) is 0 Å². The van der Waals surface area contributed by atoms with E-state index >= 15 is 0 Å². The van der Waals surface area contributed by atoms with Gasteiger partial charge in [0.25, 0.3) is 0 Å². The van der Waals surface area contributed by atoms with E-state index in [2.05, 4.69) is 34.0 Å². The Labute approximate surface area is 114 Å². The lowest BCUT2D eigenvalue weighted by Crippen LogP contribution is -2.48. The highest BCUT2D eigenvalue weighted by Gasteiger charge is 2.30. The lowest BCUT2D eigenvalue weighted by molar-refractivity contribution is -0.0280. The molecule has 0 aliphatic carbocycles. The van der Waals surface area contributed by atoms with E-state index in [4.69, 9.17) is 9.47 Å². The summed E-state index contributed by atoms with van der Waals surface area (Å²) in [5, 5.41) is 3.19. The van der Waals surface area contributed by atoms with Crippen LogP contribution in [-0.4, -0.2) is 48.9 Å². The number of methoxy groups -OCH3 is 1. The number of nitrogens with one attached hydrogen (secondary N) is 1. The standard InChI is InChI=1S/C13H22N4O2/c1-5-14-11-10(18-4)12(16-9-15-11)17-6-7-19-13(2,3)8-17/h9H,5-8H2,1-4H3,(H,14,15,16). The molecule has 6 nitrogen and oxygen atoms in total. The van der Waals surface area contributed by atoms with Crippen molar-refractivity contribution < 1.29 is 9.47 Å². The second-order valence-electron chi connectivity index (χ2n) is 5.14. The van der Waals surface area contributed by atoms with Crippen LogP contribution in [0.5, 0.6) is 5.75 Å². The molecule has 0 bridgehead atoms. The Kier molecular flexibility index (Phi) is 4.09. The number of ether oxygens (including phenoxy) is 2. The second-order valence-corrected chi connectivity index (χ2v) is 5.14. The fourth-order valence-electron chi connectivity index (χ4n) is 2.27. The molecular formula is C13H22N4O2. The van der Waals surface area contributed by atoms with E-state index in [1.165, 1.54) is 0 Å². The number of hydrogen-bond donors (Lipinski definition) is 1. The first kappa shape index (κ1) is 13.9. The van der Waals surface area contributed by atoms with Crippen LogP contribution >= 0.6 is 0 Å². The fourth-order valence-corrected chi connectivity index (χ4v) is 2.27. The van der Waals surface area contributed by atoms with Gasteiger partial charge >= 0.3 is 0 Å². The van der Waals surface area contributed by atoms with Gasteiger partial charge in [0, 0.05) is 19.6 Å². The van der Waals surface area contributed by atoms with Gasteiger partial charge < -0.3 is 19.7 Å². The summed E-state index contributed by atoms with van der Waals surface area (Å²) in [6.45, 7) is 9.27. The summed E-state index contributed by atoms with van der Waals surface area (Å²) in [7, 11) is 1.65. The summed E-state index contributed by atoms with van der Waals surface area (Å²) in [6.07, 6.45) is 1.57. The second kappa shape index (κ2) is 5.61. The van der Waals surface area contributed by atoms with Gasteiger partial charge in [-0.1, -0.05) is 0 Å². The molecule has 0 unspecified atom stereocenters. The van der Waals surface area contributed by atoms with Crippen LogP contribution in [0, 0.1) is 0 Å². The van der Waals surface area contributed by atoms with Gasteiger partial charge in [-0.05, 0) is 20.8 Å². The van der Waals surface area contributed by atoms with Crippen molar-refractivity contribution in [3.05, 3.63) is 6.33 Å². The number of morpholine rings is 1. The highest BCUT2D eigenvalue weighted by Crippen LogP contribution is 2.33. The van der Waals surface area contributed by atoms with Gasteiger partial charge in [0.15, 0.2) is 11.6 Å². The Bertz CT molecular complexity index is 437. The van der Waals surface area contributed by atoms with E-state index in [9.17, 15) is 0 Å². The Morgan fingerprint density at radius 1 is 1.47 bits per heavy atom. The topological polar surface area (TPSA) is 59.5 Å². The van der Waals surface area contributed by atoms with Gasteiger partial charge in [0.1, 0.15) is 6.33 Å². The lowest BCUT2D eigenvalue weighted by Gasteiger charge is -2.39. The molecule has 0 atom stereocenters. The molecule has 0 radical (unpaired) electrons. The maximum absolute atomic E-state index is 5.73. The van der Waals surface area contributed by atoms with Crippen LogP contribution in [0.2, 0.25) is 0 Å².